The van der Waals surface area contributed by atoms with Gasteiger partial charge in [0, 0.05) is 19.6 Å². The Bertz CT molecular complexity index is 963. The van der Waals surface area contributed by atoms with Crippen LogP contribution in [-0.2, 0) is 22.5 Å². The molecule has 142 valence electrons. The van der Waals surface area contributed by atoms with Crippen molar-refractivity contribution in [2.24, 2.45) is 4.99 Å². The molecule has 0 saturated heterocycles. The summed E-state index contributed by atoms with van der Waals surface area (Å²) in [7, 11) is 0. The normalized spacial score (nSPS) is 12.0. The van der Waals surface area contributed by atoms with Crippen LogP contribution in [0.15, 0.2) is 53.5 Å². The minimum Gasteiger partial charge on any atom is -0.380 e. The molecule has 0 unspecified atom stereocenters. The van der Waals surface area contributed by atoms with E-state index in [0.717, 1.165) is 23.1 Å². The van der Waals surface area contributed by atoms with Crippen LogP contribution in [0.25, 0.3) is 10.2 Å². The Balaban J connectivity index is 1.76. The number of amides is 1. The minimum atomic E-state index is -0.290. The first kappa shape index (κ1) is 19.5. The Morgan fingerprint density at radius 1 is 1.22 bits per heavy atom. The summed E-state index contributed by atoms with van der Waals surface area (Å²) in [6.07, 6.45) is 2.00. The second kappa shape index (κ2) is 9.58. The van der Waals surface area contributed by atoms with Gasteiger partial charge in [0.2, 0.25) is 5.91 Å². The van der Waals surface area contributed by atoms with E-state index in [9.17, 15) is 9.18 Å². The van der Waals surface area contributed by atoms with Crippen LogP contribution in [0.1, 0.15) is 25.3 Å². The largest absolute Gasteiger partial charge is 0.380 e. The minimum absolute atomic E-state index is 0.150. The van der Waals surface area contributed by atoms with E-state index in [-0.39, 0.29) is 11.7 Å². The van der Waals surface area contributed by atoms with Gasteiger partial charge in [-0.05, 0) is 43.5 Å². The van der Waals surface area contributed by atoms with Gasteiger partial charge in [-0.3, -0.25) is 4.79 Å². The smallest absolute Gasteiger partial charge is 0.248 e. The standard InChI is InChI=1S/C21H23FN2O2S/c1-2-26-14-13-24-18-12-11-17(22)15-19(18)27-21(24)23-20(25)10-6-9-16-7-4-3-5-8-16/h3-5,7-8,11-12,15H,2,6,9-10,13-14H2,1H3. The summed E-state index contributed by atoms with van der Waals surface area (Å²) in [6, 6.07) is 14.7. The van der Waals surface area contributed by atoms with Crippen LogP contribution in [-0.4, -0.2) is 23.7 Å². The lowest BCUT2D eigenvalue weighted by Crippen LogP contribution is -2.19. The highest BCUT2D eigenvalue weighted by atomic mass is 32.1. The van der Waals surface area contributed by atoms with Gasteiger partial charge < -0.3 is 9.30 Å². The third-order valence-corrected chi connectivity index (χ3v) is 5.27. The molecule has 0 aliphatic rings. The first-order valence-corrected chi connectivity index (χ1v) is 9.97. The molecule has 2 aromatic carbocycles. The molecular formula is C21H23FN2O2S. The maximum Gasteiger partial charge on any atom is 0.248 e. The number of carbonyl (C=O) groups excluding carboxylic acids is 1. The lowest BCUT2D eigenvalue weighted by molar-refractivity contribution is -0.118. The number of carbonyl (C=O) groups is 1. The molecule has 0 atom stereocenters. The molecule has 0 spiro atoms. The monoisotopic (exact) mass is 386 g/mol. The fourth-order valence-electron chi connectivity index (χ4n) is 2.90. The van der Waals surface area contributed by atoms with E-state index < -0.39 is 0 Å². The van der Waals surface area contributed by atoms with Crippen molar-refractivity contribution in [1.82, 2.24) is 4.57 Å². The van der Waals surface area contributed by atoms with Crippen LogP contribution in [0.2, 0.25) is 0 Å². The van der Waals surface area contributed by atoms with Crippen LogP contribution >= 0.6 is 11.3 Å². The number of benzene rings is 2. The van der Waals surface area contributed by atoms with Crippen LogP contribution in [0.4, 0.5) is 4.39 Å². The highest BCUT2D eigenvalue weighted by Gasteiger charge is 2.09. The van der Waals surface area contributed by atoms with Crippen molar-refractivity contribution in [3.63, 3.8) is 0 Å². The molecular weight excluding hydrogens is 363 g/mol. The Morgan fingerprint density at radius 2 is 2.04 bits per heavy atom. The number of hydrogen-bond acceptors (Lipinski definition) is 3. The van der Waals surface area contributed by atoms with Gasteiger partial charge in [0.15, 0.2) is 4.80 Å². The van der Waals surface area contributed by atoms with Gasteiger partial charge in [0.25, 0.3) is 0 Å². The van der Waals surface area contributed by atoms with E-state index in [4.69, 9.17) is 4.74 Å². The van der Waals surface area contributed by atoms with E-state index in [1.165, 1.54) is 29.0 Å². The zero-order valence-electron chi connectivity index (χ0n) is 15.4. The molecule has 3 aromatic rings. The second-order valence-corrected chi connectivity index (χ2v) is 7.20. The molecule has 0 radical (unpaired) electrons. The van der Waals surface area contributed by atoms with Gasteiger partial charge in [0.1, 0.15) is 5.82 Å². The van der Waals surface area contributed by atoms with Crippen LogP contribution < -0.4 is 4.80 Å². The van der Waals surface area contributed by atoms with E-state index in [1.807, 2.05) is 29.7 Å². The average Bonchev–Trinajstić information content (AvgIpc) is 2.99. The molecule has 0 aliphatic heterocycles. The Hall–Kier alpha value is -2.31. The molecule has 1 aromatic heterocycles. The van der Waals surface area contributed by atoms with E-state index in [2.05, 4.69) is 17.1 Å². The van der Waals surface area contributed by atoms with Crippen molar-refractivity contribution in [2.45, 2.75) is 32.7 Å². The summed E-state index contributed by atoms with van der Waals surface area (Å²) >= 11 is 1.33. The van der Waals surface area contributed by atoms with Crippen molar-refractivity contribution in [2.75, 3.05) is 13.2 Å². The molecule has 6 heteroatoms. The Kier molecular flexibility index (Phi) is 6.90. The molecule has 0 N–H and O–H groups in total. The van der Waals surface area contributed by atoms with Gasteiger partial charge in [-0.1, -0.05) is 41.7 Å². The fourth-order valence-corrected chi connectivity index (χ4v) is 4.00. The molecule has 1 amide bonds. The average molecular weight is 386 g/mol. The number of nitrogens with zero attached hydrogens (tertiary/aromatic N) is 2. The summed E-state index contributed by atoms with van der Waals surface area (Å²) in [5.74, 6) is -0.440. The predicted molar refractivity (Wildman–Crippen MR) is 106 cm³/mol. The topological polar surface area (TPSA) is 43.6 Å². The molecule has 4 nitrogen and oxygen atoms in total. The summed E-state index contributed by atoms with van der Waals surface area (Å²) in [6.45, 7) is 3.67. The van der Waals surface area contributed by atoms with Crippen molar-refractivity contribution in [3.05, 3.63) is 64.7 Å². The van der Waals surface area contributed by atoms with Crippen molar-refractivity contribution in [1.29, 1.82) is 0 Å². The summed E-state index contributed by atoms with van der Waals surface area (Å²) in [5, 5.41) is 0. The van der Waals surface area contributed by atoms with Crippen molar-refractivity contribution in [3.8, 4) is 0 Å². The van der Waals surface area contributed by atoms with E-state index >= 15 is 0 Å². The molecule has 0 aliphatic carbocycles. The van der Waals surface area contributed by atoms with Gasteiger partial charge in [0.05, 0.1) is 16.8 Å². The van der Waals surface area contributed by atoms with Gasteiger partial charge in [-0.25, -0.2) is 4.39 Å². The maximum atomic E-state index is 13.5. The third-order valence-electron chi connectivity index (χ3n) is 4.23. The van der Waals surface area contributed by atoms with Crippen molar-refractivity contribution < 1.29 is 13.9 Å². The number of ether oxygens (including phenoxy) is 1. The molecule has 1 heterocycles. The lowest BCUT2D eigenvalue weighted by atomic mass is 10.1. The first-order chi connectivity index (χ1) is 13.2. The number of aryl methyl sites for hydroxylation is 1. The first-order valence-electron chi connectivity index (χ1n) is 9.15. The molecule has 3 rings (SSSR count). The van der Waals surface area contributed by atoms with Crippen molar-refractivity contribution >= 4 is 27.5 Å². The number of rotatable bonds is 8. The Morgan fingerprint density at radius 3 is 2.81 bits per heavy atom. The van der Waals surface area contributed by atoms with Gasteiger partial charge in [-0.2, -0.15) is 4.99 Å². The molecule has 0 saturated carbocycles. The number of thiazole rings is 1. The number of fused-ring (bicyclic) bond motifs is 1. The predicted octanol–water partition coefficient (Wildman–Crippen LogP) is 4.33. The Labute approximate surface area is 161 Å². The van der Waals surface area contributed by atoms with Crippen LogP contribution in [0, 0.1) is 5.82 Å². The molecule has 0 bridgehead atoms. The van der Waals surface area contributed by atoms with E-state index in [1.54, 1.807) is 6.07 Å². The SMILES string of the molecule is CCOCCn1c(=NC(=O)CCCc2ccccc2)sc2cc(F)ccc21. The quantitative estimate of drug-likeness (QED) is 0.541. The van der Waals surface area contributed by atoms with Gasteiger partial charge in [-0.15, -0.1) is 0 Å². The zero-order chi connectivity index (χ0) is 19.1. The number of hydrogen-bond donors (Lipinski definition) is 0. The summed E-state index contributed by atoms with van der Waals surface area (Å²) in [4.78, 5) is 17.2. The van der Waals surface area contributed by atoms with E-state index in [0.29, 0.717) is 31.0 Å². The zero-order valence-corrected chi connectivity index (χ0v) is 16.2. The fraction of sp³-hybridized carbons (Fsp3) is 0.333. The summed E-state index contributed by atoms with van der Waals surface area (Å²) < 4.78 is 21.7. The highest BCUT2D eigenvalue weighted by Crippen LogP contribution is 2.18. The lowest BCUT2D eigenvalue weighted by Gasteiger charge is -2.05. The molecule has 27 heavy (non-hydrogen) atoms. The van der Waals surface area contributed by atoms with Crippen LogP contribution in [0.3, 0.4) is 0 Å². The second-order valence-electron chi connectivity index (χ2n) is 6.19. The third kappa shape index (κ3) is 5.34. The highest BCUT2D eigenvalue weighted by molar-refractivity contribution is 7.16. The summed E-state index contributed by atoms with van der Waals surface area (Å²) in [5.41, 5.74) is 2.09. The maximum absolute atomic E-state index is 13.5. The van der Waals surface area contributed by atoms with Gasteiger partial charge >= 0.3 is 0 Å². The number of aromatic nitrogens is 1. The van der Waals surface area contributed by atoms with Crippen LogP contribution in [0.5, 0.6) is 0 Å². The molecule has 0 fully saturated rings. The number of halogens is 1.